The maximum absolute atomic E-state index is 13.2. The number of carboxylic acid groups (broad SMARTS) is 2. The highest BCUT2D eigenvalue weighted by Crippen LogP contribution is 2.37. The summed E-state index contributed by atoms with van der Waals surface area (Å²) in [7, 11) is 0. The molecule has 0 saturated heterocycles. The molecule has 0 spiro atoms. The Labute approximate surface area is 409 Å². The molecule has 8 aromatic rings. The number of nitrogens with two attached hydrogens (primary N) is 2. The number of nitrogens with zero attached hydrogens (tertiary/aromatic N) is 1. The quantitative estimate of drug-likeness (QED) is 0.0167. The number of fused-ring (bicyclic) bond motifs is 2. The molecular weight excluding hydrogens is 964 g/mol. The summed E-state index contributed by atoms with van der Waals surface area (Å²) in [5, 5.41) is 45.8. The van der Waals surface area contributed by atoms with Crippen molar-refractivity contribution in [3.8, 4) is 0 Å². The van der Waals surface area contributed by atoms with Crippen molar-refractivity contribution in [1.82, 2.24) is 0 Å². The van der Waals surface area contributed by atoms with E-state index in [0.717, 1.165) is 20.2 Å². The fraction of sp³-hybridized carbons (Fsp3) is 0.0400. The van der Waals surface area contributed by atoms with E-state index in [1.54, 1.807) is 42.5 Å². The van der Waals surface area contributed by atoms with E-state index in [9.17, 15) is 39.0 Å². The summed E-state index contributed by atoms with van der Waals surface area (Å²) in [6, 6.07) is 35.5. The number of hydrogen-bond donors (Lipinski definition) is 8. The van der Waals surface area contributed by atoms with Crippen molar-refractivity contribution in [1.29, 1.82) is 5.41 Å². The van der Waals surface area contributed by atoms with Gasteiger partial charge < -0.3 is 37.5 Å². The predicted octanol–water partition coefficient (Wildman–Crippen LogP) is 10.2. The van der Waals surface area contributed by atoms with Crippen molar-refractivity contribution in [3.63, 3.8) is 0 Å². The van der Waals surface area contributed by atoms with Crippen LogP contribution in [-0.4, -0.2) is 62.4 Å². The van der Waals surface area contributed by atoms with Gasteiger partial charge in [0.1, 0.15) is 5.84 Å². The molecule has 0 bridgehead atoms. The summed E-state index contributed by atoms with van der Waals surface area (Å²) in [6.07, 6.45) is -0.426. The average Bonchev–Trinajstić information content (AvgIpc) is 3.87. The number of amidine groups is 2. The van der Waals surface area contributed by atoms with Gasteiger partial charge in [0.25, 0.3) is 11.8 Å². The molecule has 0 aliphatic carbocycles. The Balaban J connectivity index is 0.000000204. The van der Waals surface area contributed by atoms with Gasteiger partial charge in [0.15, 0.2) is 17.4 Å². The lowest BCUT2D eigenvalue weighted by atomic mass is 9.98. The first kappa shape index (κ1) is 48.7. The van der Waals surface area contributed by atoms with Crippen molar-refractivity contribution in [2.75, 3.05) is 10.6 Å². The summed E-state index contributed by atoms with van der Waals surface area (Å²) in [4.78, 5) is 76.2. The molecule has 0 fully saturated rings. The molecule has 2 aromatic heterocycles. The van der Waals surface area contributed by atoms with Gasteiger partial charge in [-0.3, -0.25) is 24.6 Å². The smallest absolute Gasteiger partial charge is 0.335 e. The third-order valence-electron chi connectivity index (χ3n) is 10.4. The molecule has 346 valence electrons. The number of halogens is 2. The highest BCUT2D eigenvalue weighted by Gasteiger charge is 2.24. The zero-order valence-corrected chi connectivity index (χ0v) is 38.7. The van der Waals surface area contributed by atoms with Gasteiger partial charge in [-0.1, -0.05) is 89.0 Å². The van der Waals surface area contributed by atoms with E-state index < -0.39 is 23.8 Å². The molecule has 0 aliphatic heterocycles. The minimum atomic E-state index is -1.18. The Morgan fingerprint density at radius 2 is 0.971 bits per heavy atom. The lowest BCUT2D eigenvalue weighted by Gasteiger charge is -2.12. The first-order chi connectivity index (χ1) is 33.0. The zero-order valence-electron chi connectivity index (χ0n) is 35.6. The van der Waals surface area contributed by atoms with E-state index in [-0.39, 0.29) is 69.5 Å². The van der Waals surface area contributed by atoms with Crippen molar-refractivity contribution < 1.29 is 44.2 Å². The molecule has 69 heavy (non-hydrogen) atoms. The third-order valence-corrected chi connectivity index (χ3v) is 13.9. The number of amides is 2. The van der Waals surface area contributed by atoms with Crippen LogP contribution in [0.25, 0.3) is 20.2 Å². The van der Waals surface area contributed by atoms with Gasteiger partial charge in [0.05, 0.1) is 30.9 Å². The van der Waals surface area contributed by atoms with Crippen LogP contribution in [0.4, 0.5) is 11.4 Å². The number of carboxylic acids is 2. The molecule has 10 N–H and O–H groups in total. The van der Waals surface area contributed by atoms with Crippen LogP contribution < -0.4 is 22.1 Å². The number of aromatic carboxylic acids is 2. The largest absolute Gasteiger partial charge is 0.478 e. The highest BCUT2D eigenvalue weighted by atomic mass is 35.5. The van der Waals surface area contributed by atoms with Crippen LogP contribution in [0.3, 0.4) is 0 Å². The van der Waals surface area contributed by atoms with Gasteiger partial charge in [-0.2, -0.15) is 0 Å². The van der Waals surface area contributed by atoms with Crippen LogP contribution in [0.15, 0.2) is 139 Å². The summed E-state index contributed by atoms with van der Waals surface area (Å²) in [6.45, 7) is 0. The lowest BCUT2D eigenvalue weighted by Crippen LogP contribution is -2.18. The zero-order chi connectivity index (χ0) is 49.5. The molecule has 15 nitrogen and oxygen atoms in total. The molecule has 2 amide bonds. The maximum Gasteiger partial charge on any atom is 0.335 e. The molecule has 0 radical (unpaired) electrons. The average molecular weight is 1000 g/mol. The number of ketones is 2. The fourth-order valence-electron chi connectivity index (χ4n) is 7.06. The van der Waals surface area contributed by atoms with Gasteiger partial charge in [0.2, 0.25) is 0 Å². The number of benzene rings is 6. The van der Waals surface area contributed by atoms with Crippen molar-refractivity contribution in [3.05, 3.63) is 198 Å². The summed E-state index contributed by atoms with van der Waals surface area (Å²) in [5.74, 6) is -4.35. The number of nitrogens with one attached hydrogen (secondary N) is 3. The van der Waals surface area contributed by atoms with Crippen molar-refractivity contribution in [2.24, 2.45) is 16.6 Å². The molecule has 2 heterocycles. The number of nitrogen functional groups attached to an aromatic ring is 1. The number of rotatable bonds is 14. The van der Waals surface area contributed by atoms with E-state index in [1.807, 2.05) is 48.5 Å². The molecule has 0 unspecified atom stereocenters. The van der Waals surface area contributed by atoms with Crippen LogP contribution >= 0.6 is 45.9 Å². The topological polar surface area (TPSA) is 275 Å². The SMILES string of the molecule is N=C(N)c1cccc(NC(=O)c2ccc(C(=O)O)cc2CC(=O)c2sc3ccccc3c2Cl)c1.NC(=NO)c1cccc(NC(=O)c2ccc(C(=O)O)cc2CC(=O)c2sc3ccccc3c2Cl)c1. The van der Waals surface area contributed by atoms with E-state index in [4.69, 9.17) is 45.3 Å². The van der Waals surface area contributed by atoms with E-state index in [0.29, 0.717) is 42.3 Å². The van der Waals surface area contributed by atoms with Crippen LogP contribution in [0.5, 0.6) is 0 Å². The second kappa shape index (κ2) is 21.2. The first-order valence-electron chi connectivity index (χ1n) is 20.3. The highest BCUT2D eigenvalue weighted by molar-refractivity contribution is 7.22. The van der Waals surface area contributed by atoms with E-state index in [2.05, 4.69) is 15.8 Å². The molecule has 6 aromatic carbocycles. The minimum Gasteiger partial charge on any atom is -0.478 e. The van der Waals surface area contributed by atoms with Crippen molar-refractivity contribution >= 4 is 124 Å². The van der Waals surface area contributed by atoms with Crippen LogP contribution in [0.2, 0.25) is 10.0 Å². The predicted molar refractivity (Wildman–Crippen MR) is 269 cm³/mol. The standard InChI is InChI=1S/C25H18ClN3O5S.C25H18ClN3O4S/c26-21-18-6-1-2-7-20(18)35-22(21)19(30)12-15-10-14(25(32)33)8-9-17(15)24(31)28-16-5-3-4-13(11-16)23(27)29-34;26-21-18-6-1-2-7-20(18)34-22(21)19(30)12-15-10-14(25(32)33)8-9-17(15)24(31)29-16-5-3-4-13(11-16)23(27)28/h1-11,34H,12H2,(H2,27,29)(H,28,31)(H,32,33);1-11H,12H2,(H3,27,28)(H,29,31)(H,32,33). The Hall–Kier alpha value is -8.22. The molecule has 8 rings (SSSR count). The number of Topliss-reactive ketones (excluding diaryl/α,β-unsaturated/α-hetero) is 2. The Morgan fingerprint density at radius 3 is 1.38 bits per heavy atom. The third kappa shape index (κ3) is 11.2. The summed E-state index contributed by atoms with van der Waals surface area (Å²) in [5.41, 5.74) is 13.4. The number of thiophene rings is 2. The van der Waals surface area contributed by atoms with Gasteiger partial charge in [-0.25, -0.2) is 9.59 Å². The molecule has 0 atom stereocenters. The normalized spacial score (nSPS) is 11.1. The van der Waals surface area contributed by atoms with Gasteiger partial charge in [0, 0.05) is 66.6 Å². The van der Waals surface area contributed by atoms with Gasteiger partial charge in [-0.15, -0.1) is 22.7 Å². The minimum absolute atomic E-state index is 0.0413. The molecule has 19 heteroatoms. The number of hydrogen-bond acceptors (Lipinski definition) is 11. The van der Waals surface area contributed by atoms with E-state index >= 15 is 0 Å². The molecule has 0 saturated carbocycles. The van der Waals surface area contributed by atoms with Crippen LogP contribution in [-0.2, 0) is 12.8 Å². The Bertz CT molecular complexity index is 3440. The first-order valence-corrected chi connectivity index (χ1v) is 22.7. The number of carbonyl (C=O) groups is 6. The summed E-state index contributed by atoms with van der Waals surface area (Å²) < 4.78 is 1.71. The number of anilines is 2. The van der Waals surface area contributed by atoms with Crippen LogP contribution in [0.1, 0.15) is 83.0 Å². The number of oxime groups is 1. The maximum atomic E-state index is 13.2. The van der Waals surface area contributed by atoms with Crippen LogP contribution in [0, 0.1) is 5.41 Å². The van der Waals surface area contributed by atoms with Crippen molar-refractivity contribution in [2.45, 2.75) is 12.8 Å². The number of carbonyl (C=O) groups excluding carboxylic acids is 4. The summed E-state index contributed by atoms with van der Waals surface area (Å²) >= 11 is 15.4. The van der Waals surface area contributed by atoms with Gasteiger partial charge in [-0.05, 0) is 83.9 Å². The second-order valence-corrected chi connectivity index (χ2v) is 17.9. The fourth-order valence-corrected chi connectivity index (χ4v) is 10.0. The monoisotopic (exact) mass is 998 g/mol. The Morgan fingerprint density at radius 1 is 0.551 bits per heavy atom. The van der Waals surface area contributed by atoms with Gasteiger partial charge >= 0.3 is 11.9 Å². The van der Waals surface area contributed by atoms with E-state index in [1.165, 1.54) is 65.1 Å². The Kier molecular flexibility index (Phi) is 14.9. The molecule has 0 aliphatic rings. The molecular formula is C50H36Cl2N6O9S2. The second-order valence-electron chi connectivity index (χ2n) is 15.0. The lowest BCUT2D eigenvalue weighted by molar-refractivity contribution is 0.0686.